The van der Waals surface area contributed by atoms with Crippen LogP contribution in [-0.4, -0.2) is 21.2 Å². The number of aromatic nitrogens is 1. The molecule has 0 aliphatic carbocycles. The topological polar surface area (TPSA) is 65.5 Å². The van der Waals surface area contributed by atoms with Gasteiger partial charge in [0.05, 0.1) is 6.54 Å². The molecule has 0 fully saturated rings. The van der Waals surface area contributed by atoms with E-state index in [-0.39, 0.29) is 12.5 Å². The summed E-state index contributed by atoms with van der Waals surface area (Å²) in [7, 11) is 0. The Morgan fingerprint density at radius 2 is 1.64 bits per heavy atom. The number of benzene rings is 1. The number of nitrogens with one attached hydrogen (secondary N) is 1. The zero-order valence-corrected chi connectivity index (χ0v) is 13.1. The lowest BCUT2D eigenvalue weighted by molar-refractivity contribution is -0.177. The molecule has 0 atom stereocenters. The Kier molecular flexibility index (Phi) is 4.78. The number of pyridine rings is 1. The average Bonchev–Trinajstić information content (AvgIpc) is 2.48. The molecule has 0 aliphatic rings. The maximum Gasteiger partial charge on any atom is 0.251 e. The van der Waals surface area contributed by atoms with Crippen LogP contribution in [0.4, 0.5) is 11.4 Å². The van der Waals surface area contributed by atoms with Crippen molar-refractivity contribution in [2.75, 3.05) is 5.32 Å². The number of hydrogen-bond acceptors (Lipinski definition) is 4. The van der Waals surface area contributed by atoms with Crippen LogP contribution in [0, 0.1) is 5.41 Å². The summed E-state index contributed by atoms with van der Waals surface area (Å²) in [5.74, 6) is -0.300. The Bertz CT molecular complexity index is 619. The maximum absolute atomic E-state index is 11.9. The molecule has 0 unspecified atom stereocenters. The molecule has 0 bridgehead atoms. The van der Waals surface area contributed by atoms with Crippen molar-refractivity contribution in [3.8, 4) is 0 Å². The second-order valence-electron chi connectivity index (χ2n) is 6.17. The van der Waals surface area contributed by atoms with Crippen molar-refractivity contribution < 1.29 is 10.0 Å². The molecule has 1 aromatic heterocycles. The number of hydrogen-bond donors (Lipinski definition) is 2. The van der Waals surface area contributed by atoms with Crippen molar-refractivity contribution in [2.45, 2.75) is 27.3 Å². The van der Waals surface area contributed by atoms with Gasteiger partial charge < -0.3 is 5.32 Å². The number of hydroxylamine groups is 2. The fraction of sp³-hybridized carbons (Fsp3) is 0.294. The van der Waals surface area contributed by atoms with E-state index < -0.39 is 5.41 Å². The molecule has 0 radical (unpaired) electrons. The van der Waals surface area contributed by atoms with E-state index in [2.05, 4.69) is 10.3 Å². The summed E-state index contributed by atoms with van der Waals surface area (Å²) in [6, 6.07) is 11.3. The van der Waals surface area contributed by atoms with Gasteiger partial charge >= 0.3 is 0 Å². The SMILES string of the molecule is CC(C)(C)C(=O)N(O)Cc1ccc(Nc2ccncc2)cc1. The van der Waals surface area contributed by atoms with Crippen LogP contribution >= 0.6 is 0 Å². The largest absolute Gasteiger partial charge is 0.355 e. The Morgan fingerprint density at radius 1 is 1.09 bits per heavy atom. The summed E-state index contributed by atoms with van der Waals surface area (Å²) < 4.78 is 0. The first-order valence-corrected chi connectivity index (χ1v) is 7.13. The smallest absolute Gasteiger partial charge is 0.251 e. The summed E-state index contributed by atoms with van der Waals surface area (Å²) in [5, 5.41) is 13.9. The third-order valence-electron chi connectivity index (χ3n) is 3.13. The van der Waals surface area contributed by atoms with Crippen LogP contribution in [0.2, 0.25) is 0 Å². The van der Waals surface area contributed by atoms with Crippen molar-refractivity contribution in [2.24, 2.45) is 5.41 Å². The first-order chi connectivity index (χ1) is 10.4. The molecule has 1 amide bonds. The van der Waals surface area contributed by atoms with Crippen molar-refractivity contribution in [1.29, 1.82) is 0 Å². The van der Waals surface area contributed by atoms with Crippen LogP contribution in [0.1, 0.15) is 26.3 Å². The number of carbonyl (C=O) groups is 1. The summed E-state index contributed by atoms with van der Waals surface area (Å²) in [6.07, 6.45) is 3.44. The van der Waals surface area contributed by atoms with Gasteiger partial charge in [-0.2, -0.15) is 0 Å². The molecule has 5 heteroatoms. The van der Waals surface area contributed by atoms with Gasteiger partial charge in [-0.1, -0.05) is 32.9 Å². The van der Waals surface area contributed by atoms with E-state index in [9.17, 15) is 10.0 Å². The molecule has 0 saturated carbocycles. The minimum absolute atomic E-state index is 0.172. The average molecular weight is 299 g/mol. The molecule has 0 aliphatic heterocycles. The first kappa shape index (κ1) is 16.0. The molecule has 0 saturated heterocycles. The van der Waals surface area contributed by atoms with Crippen LogP contribution in [0.15, 0.2) is 48.8 Å². The Hall–Kier alpha value is -2.40. The summed E-state index contributed by atoms with van der Waals surface area (Å²) in [6.45, 7) is 5.51. The van der Waals surface area contributed by atoms with Gasteiger partial charge in [-0.25, -0.2) is 5.06 Å². The quantitative estimate of drug-likeness (QED) is 0.669. The second-order valence-corrected chi connectivity index (χ2v) is 6.17. The van der Waals surface area contributed by atoms with E-state index >= 15 is 0 Å². The molecule has 2 rings (SSSR count). The highest BCUT2D eigenvalue weighted by molar-refractivity contribution is 5.80. The van der Waals surface area contributed by atoms with Crippen molar-refractivity contribution >= 4 is 17.3 Å². The molecule has 116 valence electrons. The molecule has 1 heterocycles. The van der Waals surface area contributed by atoms with Gasteiger partial charge in [0, 0.05) is 29.2 Å². The van der Waals surface area contributed by atoms with E-state index in [1.54, 1.807) is 33.2 Å². The highest BCUT2D eigenvalue weighted by Crippen LogP contribution is 2.20. The third kappa shape index (κ3) is 4.30. The molecule has 0 spiro atoms. The predicted octanol–water partition coefficient (Wildman–Crippen LogP) is 3.59. The third-order valence-corrected chi connectivity index (χ3v) is 3.13. The van der Waals surface area contributed by atoms with Crippen LogP contribution in [0.5, 0.6) is 0 Å². The van der Waals surface area contributed by atoms with E-state index in [1.165, 1.54) is 0 Å². The van der Waals surface area contributed by atoms with Gasteiger partial charge in [-0.05, 0) is 29.8 Å². The van der Waals surface area contributed by atoms with Crippen molar-refractivity contribution in [1.82, 2.24) is 10.0 Å². The number of rotatable bonds is 4. The van der Waals surface area contributed by atoms with Gasteiger partial charge in [0.1, 0.15) is 0 Å². The van der Waals surface area contributed by atoms with Crippen LogP contribution < -0.4 is 5.32 Å². The van der Waals surface area contributed by atoms with E-state index in [0.29, 0.717) is 0 Å². The summed E-state index contributed by atoms with van der Waals surface area (Å²) >= 11 is 0. The van der Waals surface area contributed by atoms with E-state index in [1.807, 2.05) is 36.4 Å². The number of amides is 1. The number of anilines is 2. The minimum atomic E-state index is -0.600. The van der Waals surface area contributed by atoms with Crippen LogP contribution in [-0.2, 0) is 11.3 Å². The molecular weight excluding hydrogens is 278 g/mol. The molecule has 2 aromatic rings. The van der Waals surface area contributed by atoms with Gasteiger partial charge in [0.2, 0.25) is 0 Å². The molecule has 22 heavy (non-hydrogen) atoms. The minimum Gasteiger partial charge on any atom is -0.355 e. The van der Waals surface area contributed by atoms with E-state index in [4.69, 9.17) is 0 Å². The standard InChI is InChI=1S/C17H21N3O2/c1-17(2,3)16(21)20(22)12-13-4-6-14(7-5-13)19-15-8-10-18-11-9-15/h4-11,22H,12H2,1-3H3,(H,18,19). The number of nitrogens with zero attached hydrogens (tertiary/aromatic N) is 2. The summed E-state index contributed by atoms with van der Waals surface area (Å²) in [5.41, 5.74) is 2.15. The highest BCUT2D eigenvalue weighted by Gasteiger charge is 2.26. The Balaban J connectivity index is 1.99. The van der Waals surface area contributed by atoms with Crippen molar-refractivity contribution in [3.05, 3.63) is 54.4 Å². The lowest BCUT2D eigenvalue weighted by Gasteiger charge is -2.24. The normalized spacial score (nSPS) is 11.1. The monoisotopic (exact) mass is 299 g/mol. The highest BCUT2D eigenvalue weighted by atomic mass is 16.5. The fourth-order valence-electron chi connectivity index (χ4n) is 1.93. The molecular formula is C17H21N3O2. The fourth-order valence-corrected chi connectivity index (χ4v) is 1.93. The molecule has 5 nitrogen and oxygen atoms in total. The van der Waals surface area contributed by atoms with Crippen molar-refractivity contribution in [3.63, 3.8) is 0 Å². The Labute approximate surface area is 130 Å². The van der Waals surface area contributed by atoms with Gasteiger partial charge in [0.15, 0.2) is 0 Å². The van der Waals surface area contributed by atoms with E-state index in [0.717, 1.165) is 22.0 Å². The first-order valence-electron chi connectivity index (χ1n) is 7.13. The van der Waals surface area contributed by atoms with Gasteiger partial charge in [0.25, 0.3) is 5.91 Å². The lowest BCUT2D eigenvalue weighted by Crippen LogP contribution is -2.36. The second kappa shape index (κ2) is 6.58. The maximum atomic E-state index is 11.9. The van der Waals surface area contributed by atoms with Gasteiger partial charge in [-0.15, -0.1) is 0 Å². The van der Waals surface area contributed by atoms with Gasteiger partial charge in [-0.3, -0.25) is 15.0 Å². The zero-order chi connectivity index (χ0) is 16.2. The van der Waals surface area contributed by atoms with Crippen LogP contribution in [0.3, 0.4) is 0 Å². The predicted molar refractivity (Wildman–Crippen MR) is 85.8 cm³/mol. The van der Waals surface area contributed by atoms with Crippen LogP contribution in [0.25, 0.3) is 0 Å². The number of carbonyl (C=O) groups excluding carboxylic acids is 1. The molecule has 1 aromatic carbocycles. The molecule has 2 N–H and O–H groups in total. The summed E-state index contributed by atoms with van der Waals surface area (Å²) in [4.78, 5) is 15.9. The lowest BCUT2D eigenvalue weighted by atomic mass is 9.95. The Morgan fingerprint density at radius 3 is 2.18 bits per heavy atom. The zero-order valence-electron chi connectivity index (χ0n) is 13.1.